The van der Waals surface area contributed by atoms with Gasteiger partial charge in [0.15, 0.2) is 11.5 Å². The normalized spacial score (nSPS) is 25.1. The van der Waals surface area contributed by atoms with E-state index in [1.54, 1.807) is 6.20 Å². The first-order valence-corrected chi connectivity index (χ1v) is 21.2. The van der Waals surface area contributed by atoms with Gasteiger partial charge in [0.1, 0.15) is 12.4 Å². The highest BCUT2D eigenvalue weighted by Gasteiger charge is 2.49. The predicted molar refractivity (Wildman–Crippen MR) is 216 cm³/mol. The van der Waals surface area contributed by atoms with Crippen LogP contribution in [0, 0.1) is 19.8 Å². The lowest BCUT2D eigenvalue weighted by Crippen LogP contribution is -2.58. The van der Waals surface area contributed by atoms with Crippen LogP contribution in [0.5, 0.6) is 11.5 Å². The van der Waals surface area contributed by atoms with Crippen molar-refractivity contribution in [2.24, 2.45) is 5.92 Å². The second kappa shape index (κ2) is 17.6. The maximum atomic E-state index is 14.0. The van der Waals surface area contributed by atoms with Gasteiger partial charge in [0.05, 0.1) is 18.3 Å². The number of H-pyrrole nitrogens is 1. The number of fused-ring (bicyclic) bond motifs is 1. The summed E-state index contributed by atoms with van der Waals surface area (Å²) in [5.74, 6) is 0.555. The second-order valence-electron chi connectivity index (χ2n) is 15.6. The van der Waals surface area contributed by atoms with Crippen molar-refractivity contribution in [3.05, 3.63) is 63.2 Å². The number of nitrogens with one attached hydrogen (secondary N) is 2. The maximum absolute atomic E-state index is 14.0. The zero-order valence-corrected chi connectivity index (χ0v) is 35.0. The highest BCUT2D eigenvalue weighted by atomic mass is 32.2. The van der Waals surface area contributed by atoms with Crippen molar-refractivity contribution in [3.63, 3.8) is 0 Å². The zero-order valence-electron chi connectivity index (χ0n) is 34.2. The first-order valence-electron chi connectivity index (χ1n) is 20.0. The van der Waals surface area contributed by atoms with Crippen LogP contribution < -0.4 is 25.2 Å². The van der Waals surface area contributed by atoms with E-state index < -0.39 is 24.7 Å². The molecule has 1 amide bonds. The van der Waals surface area contributed by atoms with Crippen LogP contribution in [0.25, 0.3) is 11.1 Å². The van der Waals surface area contributed by atoms with Crippen LogP contribution in [0.1, 0.15) is 87.5 Å². The van der Waals surface area contributed by atoms with Gasteiger partial charge < -0.3 is 34.1 Å². The largest absolute Gasteiger partial charge is 0.448 e. The molecule has 2 aromatic heterocycles. The molecule has 1 saturated carbocycles. The van der Waals surface area contributed by atoms with Gasteiger partial charge in [0, 0.05) is 96.2 Å². The monoisotopic (exact) mass is 815 g/mol. The number of pyridine rings is 2. The number of hydrogen-bond donors (Lipinski definition) is 2. The Kier molecular flexibility index (Phi) is 13.2. The van der Waals surface area contributed by atoms with E-state index in [0.29, 0.717) is 46.8 Å². The van der Waals surface area contributed by atoms with E-state index in [1.165, 1.54) is 11.8 Å². The van der Waals surface area contributed by atoms with Crippen LogP contribution in [0.4, 0.5) is 19.0 Å². The van der Waals surface area contributed by atoms with Crippen LogP contribution in [0.2, 0.25) is 0 Å². The summed E-state index contributed by atoms with van der Waals surface area (Å²) < 4.78 is 62.4. The SMILES string of the molecule is CC.CSc1cc(C)[nH]c(=O)c1CNC(=O)c1cc(-c2ccc(N3CC(C)OC(C)C3)nc2)c2c(c1C)OC(C)(C1CCC(N3CC(OCC(F)(F)F)C3)CC1)O2. The van der Waals surface area contributed by atoms with E-state index in [1.807, 2.05) is 65.1 Å². The van der Waals surface area contributed by atoms with Gasteiger partial charge in [0.2, 0.25) is 0 Å². The number of likely N-dealkylation sites (tertiary alicyclic amines) is 1. The fourth-order valence-corrected chi connectivity index (χ4v) is 9.15. The number of amides is 1. The molecule has 11 nitrogen and oxygen atoms in total. The van der Waals surface area contributed by atoms with Crippen molar-refractivity contribution in [2.75, 3.05) is 43.9 Å². The Morgan fingerprint density at radius 1 is 1.04 bits per heavy atom. The van der Waals surface area contributed by atoms with Crippen molar-refractivity contribution >= 4 is 23.5 Å². The third-order valence-corrected chi connectivity index (χ3v) is 12.1. The van der Waals surface area contributed by atoms with Crippen molar-refractivity contribution in [1.82, 2.24) is 20.2 Å². The van der Waals surface area contributed by atoms with Crippen LogP contribution in [0.3, 0.4) is 0 Å². The summed E-state index contributed by atoms with van der Waals surface area (Å²) in [6, 6.07) is 7.94. The lowest BCUT2D eigenvalue weighted by molar-refractivity contribution is -0.203. The van der Waals surface area contributed by atoms with Crippen molar-refractivity contribution in [2.45, 2.75) is 122 Å². The van der Waals surface area contributed by atoms with E-state index in [2.05, 4.69) is 33.9 Å². The molecule has 15 heteroatoms. The number of carbonyl (C=O) groups is 1. The number of rotatable bonds is 10. The number of alkyl halides is 3. The van der Waals surface area contributed by atoms with Gasteiger partial charge in [-0.25, -0.2) is 4.98 Å². The molecule has 3 atom stereocenters. The molecule has 0 bridgehead atoms. The Bertz CT molecular complexity index is 1940. The highest BCUT2D eigenvalue weighted by Crippen LogP contribution is 2.53. The van der Waals surface area contributed by atoms with E-state index in [4.69, 9.17) is 23.9 Å². The number of carbonyl (C=O) groups excluding carboxylic acids is 1. The molecule has 3 aromatic rings. The quantitative estimate of drug-likeness (QED) is 0.198. The zero-order chi connectivity index (χ0) is 41.2. The Balaban J connectivity index is 0.00000270. The maximum Gasteiger partial charge on any atom is 0.411 e. The number of ether oxygens (including phenoxy) is 4. The topological polar surface area (TPSA) is 118 Å². The molecular weight excluding hydrogens is 760 g/mol. The molecule has 3 fully saturated rings. The van der Waals surface area contributed by atoms with Crippen LogP contribution in [0.15, 0.2) is 40.2 Å². The molecular formula is C42H56F3N5O6S. The molecule has 1 aliphatic carbocycles. The number of benzene rings is 1. The van der Waals surface area contributed by atoms with Crippen molar-refractivity contribution in [1.29, 1.82) is 0 Å². The predicted octanol–water partition coefficient (Wildman–Crippen LogP) is 7.65. The first-order chi connectivity index (χ1) is 27.1. The molecule has 1 aromatic carbocycles. The van der Waals surface area contributed by atoms with Crippen LogP contribution in [-0.4, -0.2) is 96.1 Å². The minimum Gasteiger partial charge on any atom is -0.448 e. The van der Waals surface area contributed by atoms with Crippen LogP contribution >= 0.6 is 11.8 Å². The summed E-state index contributed by atoms with van der Waals surface area (Å²) in [6.45, 7) is 15.0. The highest BCUT2D eigenvalue weighted by molar-refractivity contribution is 7.98. The summed E-state index contributed by atoms with van der Waals surface area (Å²) in [5, 5.41) is 2.98. The summed E-state index contributed by atoms with van der Waals surface area (Å²) in [4.78, 5) is 39.8. The van der Waals surface area contributed by atoms with E-state index in [9.17, 15) is 22.8 Å². The fourth-order valence-electron chi connectivity index (χ4n) is 8.45. The lowest BCUT2D eigenvalue weighted by Gasteiger charge is -2.47. The Labute approximate surface area is 337 Å². The third-order valence-electron chi connectivity index (χ3n) is 11.3. The number of anilines is 1. The molecule has 57 heavy (non-hydrogen) atoms. The average molecular weight is 816 g/mol. The van der Waals surface area contributed by atoms with Crippen molar-refractivity contribution < 1.29 is 36.9 Å². The summed E-state index contributed by atoms with van der Waals surface area (Å²) in [6.07, 6.45) is 2.45. The summed E-state index contributed by atoms with van der Waals surface area (Å²) in [5.41, 5.74) is 3.47. The average Bonchev–Trinajstić information content (AvgIpc) is 3.53. The molecule has 3 aliphatic heterocycles. The Morgan fingerprint density at radius 3 is 2.32 bits per heavy atom. The Morgan fingerprint density at radius 2 is 1.70 bits per heavy atom. The number of hydrogen-bond acceptors (Lipinski definition) is 10. The third kappa shape index (κ3) is 9.58. The minimum atomic E-state index is -4.32. The molecule has 0 spiro atoms. The number of nitrogens with zero attached hydrogens (tertiary/aromatic N) is 3. The van der Waals surface area contributed by atoms with E-state index in [-0.39, 0.29) is 42.2 Å². The molecule has 3 unspecified atom stereocenters. The number of halogens is 3. The number of aromatic amines is 1. The standard InChI is InChI=1S/C40H50F3N5O6S.C2H6/c1-22-13-33(55-6)32(38(50)46-22)16-45-37(49)30-14-31(26-7-12-34(44-15-26)48-17-23(2)52-24(3)18-48)36-35(25(30)4)53-39(5,54-36)27-8-10-28(11-9-27)47-19-29(20-47)51-21-40(41,42)43;1-2/h7,12-15,23-24,27-29H,8-11,16-21H2,1-6H3,(H,45,49)(H,46,50);1-2H3. The van der Waals surface area contributed by atoms with Gasteiger partial charge in [-0.2, -0.15) is 13.2 Å². The molecule has 5 heterocycles. The van der Waals surface area contributed by atoms with Gasteiger partial charge in [0.25, 0.3) is 17.3 Å². The smallest absolute Gasteiger partial charge is 0.411 e. The number of aromatic nitrogens is 2. The number of morpholine rings is 1. The number of thioether (sulfide) groups is 1. The van der Waals surface area contributed by atoms with E-state index in [0.717, 1.165) is 60.7 Å². The number of aryl methyl sites for hydroxylation is 1. The summed E-state index contributed by atoms with van der Waals surface area (Å²) in [7, 11) is 0. The van der Waals surface area contributed by atoms with Crippen molar-refractivity contribution in [3.8, 4) is 22.6 Å². The molecule has 2 saturated heterocycles. The Hall–Kier alpha value is -3.79. The summed E-state index contributed by atoms with van der Waals surface area (Å²) >= 11 is 1.45. The van der Waals surface area contributed by atoms with Gasteiger partial charge in [-0.05, 0) is 83.9 Å². The van der Waals surface area contributed by atoms with Gasteiger partial charge >= 0.3 is 6.18 Å². The van der Waals surface area contributed by atoms with Gasteiger partial charge in [-0.15, -0.1) is 11.8 Å². The van der Waals surface area contributed by atoms with E-state index >= 15 is 0 Å². The molecule has 312 valence electrons. The second-order valence-corrected chi connectivity index (χ2v) is 16.4. The minimum absolute atomic E-state index is 0.0308. The van der Waals surface area contributed by atoms with Gasteiger partial charge in [-0.3, -0.25) is 14.5 Å². The molecule has 4 aliphatic rings. The lowest BCUT2D eigenvalue weighted by atomic mass is 9.80. The molecule has 2 N–H and O–H groups in total. The molecule has 7 rings (SSSR count). The first kappa shape index (κ1) is 42.8. The fraction of sp³-hybridized carbons (Fsp3) is 0.595. The molecule has 0 radical (unpaired) electrons. The van der Waals surface area contributed by atoms with Gasteiger partial charge in [-0.1, -0.05) is 13.8 Å². The van der Waals surface area contributed by atoms with Crippen LogP contribution in [-0.2, 0) is 16.0 Å².